The van der Waals surface area contributed by atoms with Gasteiger partial charge in [0.2, 0.25) is 0 Å². The molecule has 1 aliphatic rings. The topological polar surface area (TPSA) is 12.0 Å². The maximum absolute atomic E-state index is 3.85. The van der Waals surface area contributed by atoms with Gasteiger partial charge in [0.05, 0.1) is 6.04 Å². The Hall–Kier alpha value is -1.60. The average molecular weight is 265 g/mol. The Balaban J connectivity index is 1.94. The Kier molecular flexibility index (Phi) is 3.39. The smallest absolute Gasteiger partial charge is 0.0581 e. The second-order valence-electron chi connectivity index (χ2n) is 6.61. The number of benzene rings is 2. The molecule has 20 heavy (non-hydrogen) atoms. The lowest BCUT2D eigenvalue weighted by atomic mass is 9.94. The minimum absolute atomic E-state index is 0.296. The van der Waals surface area contributed by atoms with Gasteiger partial charge in [0.1, 0.15) is 0 Å². The third-order valence-electron chi connectivity index (χ3n) is 4.51. The molecule has 0 aliphatic heterocycles. The molecule has 1 fully saturated rings. The lowest BCUT2D eigenvalue weighted by Crippen LogP contribution is -2.27. The van der Waals surface area contributed by atoms with Crippen molar-refractivity contribution in [1.29, 1.82) is 0 Å². The van der Waals surface area contributed by atoms with Gasteiger partial charge in [0.15, 0.2) is 0 Å². The normalized spacial score (nSPS) is 21.4. The van der Waals surface area contributed by atoms with Crippen LogP contribution in [0.25, 0.3) is 0 Å². The molecule has 0 bridgehead atoms. The summed E-state index contributed by atoms with van der Waals surface area (Å²) in [6.07, 6.45) is 1.27. The third kappa shape index (κ3) is 2.64. The lowest BCUT2D eigenvalue weighted by molar-refractivity contribution is 0.506. The lowest BCUT2D eigenvalue weighted by Gasteiger charge is -2.22. The van der Waals surface area contributed by atoms with Gasteiger partial charge in [0.25, 0.3) is 0 Å². The number of nitrogens with one attached hydrogen (secondary N) is 1. The van der Waals surface area contributed by atoms with E-state index >= 15 is 0 Å². The van der Waals surface area contributed by atoms with Crippen molar-refractivity contribution < 1.29 is 0 Å². The second kappa shape index (κ2) is 5.06. The fraction of sp³-hybridized carbons (Fsp3) is 0.368. The van der Waals surface area contributed by atoms with E-state index in [0.29, 0.717) is 17.5 Å². The van der Waals surface area contributed by atoms with E-state index in [1.54, 1.807) is 0 Å². The molecule has 1 N–H and O–H groups in total. The van der Waals surface area contributed by atoms with E-state index in [0.717, 1.165) is 0 Å². The van der Waals surface area contributed by atoms with E-state index in [2.05, 4.69) is 80.7 Å². The monoisotopic (exact) mass is 265 g/mol. The quantitative estimate of drug-likeness (QED) is 0.860. The molecule has 0 amide bonds. The molecule has 1 aliphatic carbocycles. The number of hydrogen-bond acceptors (Lipinski definition) is 1. The highest BCUT2D eigenvalue weighted by molar-refractivity contribution is 5.37. The van der Waals surface area contributed by atoms with Crippen LogP contribution in [-0.4, -0.2) is 6.04 Å². The first kappa shape index (κ1) is 13.4. The van der Waals surface area contributed by atoms with Crippen LogP contribution in [0.4, 0.5) is 0 Å². The van der Waals surface area contributed by atoms with Gasteiger partial charge in [0, 0.05) is 6.04 Å². The maximum atomic E-state index is 3.85. The van der Waals surface area contributed by atoms with Crippen molar-refractivity contribution in [2.45, 2.75) is 39.3 Å². The largest absolute Gasteiger partial charge is 0.303 e. The molecule has 2 aromatic rings. The SMILES string of the molecule is Cc1ccccc1C(NC1CC1(C)C)c1ccccc1. The van der Waals surface area contributed by atoms with E-state index in [-0.39, 0.29) is 0 Å². The van der Waals surface area contributed by atoms with Crippen LogP contribution < -0.4 is 5.32 Å². The Bertz CT molecular complexity index is 586. The van der Waals surface area contributed by atoms with Crippen molar-refractivity contribution in [3.8, 4) is 0 Å². The summed E-state index contributed by atoms with van der Waals surface area (Å²) in [7, 11) is 0. The Morgan fingerprint density at radius 3 is 2.20 bits per heavy atom. The molecule has 2 unspecified atom stereocenters. The molecule has 1 heteroatoms. The van der Waals surface area contributed by atoms with Crippen LogP contribution in [-0.2, 0) is 0 Å². The molecule has 0 radical (unpaired) electrons. The Labute approximate surface area is 122 Å². The summed E-state index contributed by atoms with van der Waals surface area (Å²) >= 11 is 0. The van der Waals surface area contributed by atoms with E-state index in [1.165, 1.54) is 23.1 Å². The summed E-state index contributed by atoms with van der Waals surface area (Å²) in [6, 6.07) is 20.4. The zero-order chi connectivity index (χ0) is 14.2. The van der Waals surface area contributed by atoms with Crippen LogP contribution in [0.3, 0.4) is 0 Å². The van der Waals surface area contributed by atoms with Gasteiger partial charge in [-0.05, 0) is 35.4 Å². The Morgan fingerprint density at radius 1 is 1.00 bits per heavy atom. The molecule has 1 nitrogen and oxygen atoms in total. The van der Waals surface area contributed by atoms with Crippen LogP contribution in [0.1, 0.15) is 43.0 Å². The van der Waals surface area contributed by atoms with Crippen LogP contribution in [0, 0.1) is 12.3 Å². The molecular formula is C19H23N. The maximum Gasteiger partial charge on any atom is 0.0581 e. The fourth-order valence-electron chi connectivity index (χ4n) is 2.87. The third-order valence-corrected chi connectivity index (χ3v) is 4.51. The van der Waals surface area contributed by atoms with E-state index in [9.17, 15) is 0 Å². The predicted molar refractivity (Wildman–Crippen MR) is 84.8 cm³/mol. The second-order valence-corrected chi connectivity index (χ2v) is 6.61. The van der Waals surface area contributed by atoms with Crippen LogP contribution in [0.2, 0.25) is 0 Å². The van der Waals surface area contributed by atoms with Crippen LogP contribution in [0.5, 0.6) is 0 Å². The van der Waals surface area contributed by atoms with Gasteiger partial charge < -0.3 is 5.32 Å². The summed E-state index contributed by atoms with van der Waals surface area (Å²) in [5.74, 6) is 0. The molecule has 0 heterocycles. The highest BCUT2D eigenvalue weighted by Gasteiger charge is 2.46. The minimum atomic E-state index is 0.296. The minimum Gasteiger partial charge on any atom is -0.303 e. The average Bonchev–Trinajstić information content (AvgIpc) is 3.05. The van der Waals surface area contributed by atoms with Gasteiger partial charge >= 0.3 is 0 Å². The fourth-order valence-corrected chi connectivity index (χ4v) is 2.87. The summed E-state index contributed by atoms with van der Waals surface area (Å²) in [5, 5.41) is 3.85. The zero-order valence-corrected chi connectivity index (χ0v) is 12.6. The van der Waals surface area contributed by atoms with Gasteiger partial charge in [-0.25, -0.2) is 0 Å². The van der Waals surface area contributed by atoms with Crippen molar-refractivity contribution >= 4 is 0 Å². The standard InChI is InChI=1S/C19H23N/c1-14-9-7-8-12-16(14)18(15-10-5-4-6-11-15)20-17-13-19(17,2)3/h4-12,17-18,20H,13H2,1-3H3. The Morgan fingerprint density at radius 2 is 1.60 bits per heavy atom. The molecule has 3 rings (SSSR count). The summed E-state index contributed by atoms with van der Waals surface area (Å²) in [4.78, 5) is 0. The molecule has 1 saturated carbocycles. The molecule has 2 atom stereocenters. The first-order chi connectivity index (χ1) is 9.58. The summed E-state index contributed by atoms with van der Waals surface area (Å²) in [5.41, 5.74) is 4.54. The summed E-state index contributed by atoms with van der Waals surface area (Å²) in [6.45, 7) is 6.88. The first-order valence-corrected chi connectivity index (χ1v) is 7.44. The van der Waals surface area contributed by atoms with E-state index in [4.69, 9.17) is 0 Å². The molecule has 0 aromatic heterocycles. The van der Waals surface area contributed by atoms with Crippen LogP contribution >= 0.6 is 0 Å². The molecule has 0 saturated heterocycles. The van der Waals surface area contributed by atoms with Gasteiger partial charge in [-0.15, -0.1) is 0 Å². The zero-order valence-electron chi connectivity index (χ0n) is 12.6. The first-order valence-electron chi connectivity index (χ1n) is 7.44. The highest BCUT2D eigenvalue weighted by atomic mass is 15.0. The highest BCUT2D eigenvalue weighted by Crippen LogP contribution is 2.46. The molecule has 104 valence electrons. The molecular weight excluding hydrogens is 242 g/mol. The van der Waals surface area contributed by atoms with Gasteiger partial charge in [-0.1, -0.05) is 68.4 Å². The number of aryl methyl sites for hydroxylation is 1. The van der Waals surface area contributed by atoms with Crippen molar-refractivity contribution in [2.75, 3.05) is 0 Å². The number of hydrogen-bond donors (Lipinski definition) is 1. The van der Waals surface area contributed by atoms with Gasteiger partial charge in [-0.2, -0.15) is 0 Å². The van der Waals surface area contributed by atoms with Crippen molar-refractivity contribution in [3.05, 3.63) is 71.3 Å². The molecule has 2 aromatic carbocycles. The molecule has 0 spiro atoms. The van der Waals surface area contributed by atoms with E-state index in [1.807, 2.05) is 0 Å². The van der Waals surface area contributed by atoms with Gasteiger partial charge in [-0.3, -0.25) is 0 Å². The van der Waals surface area contributed by atoms with Crippen molar-refractivity contribution in [1.82, 2.24) is 5.32 Å². The van der Waals surface area contributed by atoms with E-state index < -0.39 is 0 Å². The van der Waals surface area contributed by atoms with Crippen LogP contribution in [0.15, 0.2) is 54.6 Å². The van der Waals surface area contributed by atoms with Crippen molar-refractivity contribution in [2.24, 2.45) is 5.41 Å². The van der Waals surface area contributed by atoms with Crippen molar-refractivity contribution in [3.63, 3.8) is 0 Å². The number of rotatable bonds is 4. The predicted octanol–water partition coefficient (Wildman–Crippen LogP) is 4.47. The summed E-state index contributed by atoms with van der Waals surface area (Å²) < 4.78 is 0.